The van der Waals surface area contributed by atoms with Gasteiger partial charge in [-0.3, -0.25) is 15.0 Å². The number of nitrogens with two attached hydrogens (primary N) is 1. The van der Waals surface area contributed by atoms with Crippen molar-refractivity contribution in [1.82, 2.24) is 4.68 Å². The standard InChI is InChI=1S/C19H15N3O4S/c1-25-12-8-7-11-13-15(9-5-3-4-6-10(9)16(13)23)22(21-19(20)27)18(24)14(11)17(12)26-2/h3-8H,1-2H3,(H3,20,21,27). The number of rotatable bonds is 3. The Hall–Kier alpha value is -3.39. The fraction of sp³-hybridized carbons (Fsp3) is 0.105. The number of nitrogens with one attached hydrogen (secondary N) is 1. The van der Waals surface area contributed by atoms with Crippen molar-refractivity contribution >= 4 is 33.9 Å². The van der Waals surface area contributed by atoms with Crippen LogP contribution < -0.4 is 26.2 Å². The maximum absolute atomic E-state index is 13.3. The Balaban J connectivity index is 2.24. The van der Waals surface area contributed by atoms with Crippen LogP contribution in [0.25, 0.3) is 22.0 Å². The molecule has 3 aromatic rings. The van der Waals surface area contributed by atoms with Gasteiger partial charge >= 0.3 is 0 Å². The predicted molar refractivity (Wildman–Crippen MR) is 106 cm³/mol. The first-order chi connectivity index (χ1) is 13.0. The smallest absolute Gasteiger partial charge is 0.281 e. The summed E-state index contributed by atoms with van der Waals surface area (Å²) in [6, 6.07) is 10.4. The molecule has 0 atom stereocenters. The zero-order valence-electron chi connectivity index (χ0n) is 14.5. The van der Waals surface area contributed by atoms with Crippen molar-refractivity contribution in [1.29, 1.82) is 0 Å². The molecule has 0 amide bonds. The number of hydrogen-bond acceptors (Lipinski definition) is 5. The number of thiocarbonyl (C=S) groups is 1. The first-order valence-corrected chi connectivity index (χ1v) is 8.44. The molecule has 27 heavy (non-hydrogen) atoms. The average molecular weight is 381 g/mol. The van der Waals surface area contributed by atoms with Crippen LogP contribution in [0, 0.1) is 0 Å². The number of fused-ring (bicyclic) bond motifs is 5. The van der Waals surface area contributed by atoms with Crippen molar-refractivity contribution in [3.63, 3.8) is 0 Å². The van der Waals surface area contributed by atoms with Gasteiger partial charge in [-0.1, -0.05) is 24.3 Å². The SMILES string of the molecule is COc1ccc2c3c(n(NC(N)=S)c(=O)c2c1OC)-c1ccccc1C3=O. The van der Waals surface area contributed by atoms with Crippen LogP contribution in [0.4, 0.5) is 0 Å². The Labute approximate surface area is 159 Å². The second-order valence-electron chi connectivity index (χ2n) is 5.94. The Morgan fingerprint density at radius 2 is 1.78 bits per heavy atom. The molecule has 136 valence electrons. The van der Waals surface area contributed by atoms with E-state index in [0.29, 0.717) is 33.5 Å². The molecule has 0 saturated heterocycles. The van der Waals surface area contributed by atoms with Crippen LogP contribution in [-0.4, -0.2) is 29.8 Å². The van der Waals surface area contributed by atoms with Gasteiger partial charge in [0.15, 0.2) is 22.4 Å². The summed E-state index contributed by atoms with van der Waals surface area (Å²) in [6.45, 7) is 0. The maximum Gasteiger partial charge on any atom is 0.281 e. The van der Waals surface area contributed by atoms with Crippen molar-refractivity contribution in [2.24, 2.45) is 5.73 Å². The van der Waals surface area contributed by atoms with Crippen LogP contribution in [0.1, 0.15) is 15.9 Å². The molecular weight excluding hydrogens is 366 g/mol. The number of nitrogens with zero attached hydrogens (tertiary/aromatic N) is 1. The molecule has 0 radical (unpaired) electrons. The first kappa shape index (κ1) is 17.0. The lowest BCUT2D eigenvalue weighted by atomic mass is 10.0. The number of pyridine rings is 1. The van der Waals surface area contributed by atoms with E-state index < -0.39 is 5.56 Å². The van der Waals surface area contributed by atoms with Crippen LogP contribution in [-0.2, 0) is 0 Å². The van der Waals surface area contributed by atoms with E-state index >= 15 is 0 Å². The number of benzene rings is 2. The van der Waals surface area contributed by atoms with Gasteiger partial charge in [-0.25, -0.2) is 4.68 Å². The molecule has 0 unspecified atom stereocenters. The number of hydrogen-bond donors (Lipinski definition) is 2. The molecule has 7 nitrogen and oxygen atoms in total. The lowest BCUT2D eigenvalue weighted by molar-refractivity contribution is 0.104. The van der Waals surface area contributed by atoms with Crippen molar-refractivity contribution in [2.45, 2.75) is 0 Å². The Bertz CT molecular complexity index is 1200. The number of ether oxygens (including phenoxy) is 2. The monoisotopic (exact) mass is 381 g/mol. The summed E-state index contributed by atoms with van der Waals surface area (Å²) >= 11 is 4.94. The van der Waals surface area contributed by atoms with Gasteiger partial charge in [0.25, 0.3) is 5.56 Å². The Morgan fingerprint density at radius 1 is 1.07 bits per heavy atom. The Morgan fingerprint density at radius 3 is 2.41 bits per heavy atom. The van der Waals surface area contributed by atoms with Gasteiger partial charge in [0.05, 0.1) is 30.9 Å². The van der Waals surface area contributed by atoms with Crippen LogP contribution in [0.2, 0.25) is 0 Å². The highest BCUT2D eigenvalue weighted by Crippen LogP contribution is 2.42. The second kappa shape index (κ2) is 6.10. The van der Waals surface area contributed by atoms with Gasteiger partial charge in [-0.2, -0.15) is 0 Å². The van der Waals surface area contributed by atoms with E-state index in [4.69, 9.17) is 27.4 Å². The summed E-state index contributed by atoms with van der Waals surface area (Å²) in [6.07, 6.45) is 0. The third-order valence-electron chi connectivity index (χ3n) is 4.57. The van der Waals surface area contributed by atoms with E-state index in [1.807, 2.05) is 0 Å². The third-order valence-corrected chi connectivity index (χ3v) is 4.66. The van der Waals surface area contributed by atoms with Crippen LogP contribution >= 0.6 is 12.2 Å². The van der Waals surface area contributed by atoms with Gasteiger partial charge in [-0.15, -0.1) is 0 Å². The lowest BCUT2D eigenvalue weighted by Gasteiger charge is -2.17. The summed E-state index contributed by atoms with van der Waals surface area (Å²) in [7, 11) is 2.91. The molecule has 1 aliphatic carbocycles. The molecule has 8 heteroatoms. The van der Waals surface area contributed by atoms with Gasteiger partial charge < -0.3 is 15.2 Å². The van der Waals surface area contributed by atoms with Crippen molar-refractivity contribution in [2.75, 3.05) is 19.6 Å². The predicted octanol–water partition coefficient (Wildman–Crippen LogP) is 2.02. The summed E-state index contributed by atoms with van der Waals surface area (Å²) < 4.78 is 11.9. The van der Waals surface area contributed by atoms with Gasteiger partial charge in [-0.05, 0) is 24.4 Å². The average Bonchev–Trinajstić information content (AvgIpc) is 2.96. The highest BCUT2D eigenvalue weighted by Gasteiger charge is 2.34. The zero-order chi connectivity index (χ0) is 19.3. The molecule has 1 aromatic heterocycles. The number of aromatic nitrogens is 1. The lowest BCUT2D eigenvalue weighted by Crippen LogP contribution is -2.37. The number of carbonyl (C=O) groups excluding carboxylic acids is 1. The molecule has 0 spiro atoms. The highest BCUT2D eigenvalue weighted by atomic mass is 32.1. The van der Waals surface area contributed by atoms with Gasteiger partial charge in [0, 0.05) is 16.5 Å². The molecule has 1 heterocycles. The molecule has 0 saturated carbocycles. The van der Waals surface area contributed by atoms with Crippen LogP contribution in [0.5, 0.6) is 11.5 Å². The molecule has 0 fully saturated rings. The molecular formula is C19H15N3O4S. The number of carbonyl (C=O) groups is 1. The minimum Gasteiger partial charge on any atom is -0.493 e. The number of methoxy groups -OCH3 is 2. The number of ketones is 1. The molecule has 4 rings (SSSR count). The topological polar surface area (TPSA) is 95.6 Å². The van der Waals surface area contributed by atoms with E-state index in [-0.39, 0.29) is 22.0 Å². The summed E-state index contributed by atoms with van der Waals surface area (Å²) in [5, 5.41) is 0.590. The van der Waals surface area contributed by atoms with E-state index in [9.17, 15) is 9.59 Å². The normalized spacial score (nSPS) is 11.9. The largest absolute Gasteiger partial charge is 0.493 e. The summed E-state index contributed by atoms with van der Waals surface area (Å²) in [5.74, 6) is 0.438. The van der Waals surface area contributed by atoms with Gasteiger partial charge in [0.1, 0.15) is 0 Å². The second-order valence-corrected chi connectivity index (χ2v) is 6.38. The molecule has 1 aliphatic rings. The third kappa shape index (κ3) is 2.30. The minimum atomic E-state index is -0.447. The van der Waals surface area contributed by atoms with Crippen molar-refractivity contribution < 1.29 is 14.3 Å². The summed E-state index contributed by atoms with van der Waals surface area (Å²) in [5.41, 5.74) is 9.82. The molecule has 0 bridgehead atoms. The van der Waals surface area contributed by atoms with E-state index in [1.165, 1.54) is 18.9 Å². The maximum atomic E-state index is 13.3. The zero-order valence-corrected chi connectivity index (χ0v) is 15.3. The first-order valence-electron chi connectivity index (χ1n) is 8.03. The quantitative estimate of drug-likeness (QED) is 0.524. The Kier molecular flexibility index (Phi) is 3.85. The molecule has 3 N–H and O–H groups in total. The van der Waals surface area contributed by atoms with E-state index in [1.54, 1.807) is 36.4 Å². The fourth-order valence-electron chi connectivity index (χ4n) is 3.52. The molecule has 0 aliphatic heterocycles. The fourth-order valence-corrected chi connectivity index (χ4v) is 3.62. The van der Waals surface area contributed by atoms with E-state index in [0.717, 1.165) is 0 Å². The summed E-state index contributed by atoms with van der Waals surface area (Å²) in [4.78, 5) is 26.5. The van der Waals surface area contributed by atoms with Crippen LogP contribution in [0.15, 0.2) is 41.2 Å². The van der Waals surface area contributed by atoms with Gasteiger partial charge in [0.2, 0.25) is 0 Å². The van der Waals surface area contributed by atoms with E-state index in [2.05, 4.69) is 5.43 Å². The van der Waals surface area contributed by atoms with Crippen LogP contribution in [0.3, 0.4) is 0 Å². The van der Waals surface area contributed by atoms with Crippen molar-refractivity contribution in [3.05, 3.63) is 57.9 Å². The van der Waals surface area contributed by atoms with Crippen molar-refractivity contribution in [3.8, 4) is 22.8 Å². The minimum absolute atomic E-state index is 0.0997. The molecule has 2 aromatic carbocycles. The highest BCUT2D eigenvalue weighted by molar-refractivity contribution is 7.80.